The van der Waals surface area contributed by atoms with Crippen LogP contribution in [-0.2, 0) is 4.84 Å². The summed E-state index contributed by atoms with van der Waals surface area (Å²) < 4.78 is 57.5. The summed E-state index contributed by atoms with van der Waals surface area (Å²) in [5.41, 5.74) is 2.59. The van der Waals surface area contributed by atoms with Crippen LogP contribution in [0.4, 0.5) is 23.2 Å². The minimum absolute atomic E-state index is 0.137. The standard InChI is InChI=1S/C21H17ClF4N4O3/c1-28(2)9-6-29(7-9)33-21(32)11-8-30(16-5-15(27)12(23)4-13(16)24)19-10(20(11)31)3-14(25)18(26)17(19)22/h3-5,8-9H,6-7,27H2,1-2H3. The van der Waals surface area contributed by atoms with Gasteiger partial charge in [-0.2, -0.15) is 0 Å². The fraction of sp³-hybridized carbons (Fsp3) is 0.238. The van der Waals surface area contributed by atoms with E-state index in [0.717, 1.165) is 16.8 Å². The lowest BCUT2D eigenvalue weighted by atomic mass is 10.1. The summed E-state index contributed by atoms with van der Waals surface area (Å²) in [5, 5.41) is -0.0262. The number of hydrogen-bond acceptors (Lipinski definition) is 6. The number of halogens is 5. The van der Waals surface area contributed by atoms with Gasteiger partial charge in [0.1, 0.15) is 22.2 Å². The van der Waals surface area contributed by atoms with Crippen molar-refractivity contribution in [1.82, 2.24) is 14.5 Å². The fourth-order valence-corrected chi connectivity index (χ4v) is 3.73. The van der Waals surface area contributed by atoms with Crippen LogP contribution in [0.3, 0.4) is 0 Å². The Balaban J connectivity index is 1.90. The summed E-state index contributed by atoms with van der Waals surface area (Å²) in [6, 6.07) is 2.03. The van der Waals surface area contributed by atoms with Crippen LogP contribution < -0.4 is 11.2 Å². The average Bonchev–Trinajstić information content (AvgIpc) is 2.71. The summed E-state index contributed by atoms with van der Waals surface area (Å²) in [4.78, 5) is 32.8. The monoisotopic (exact) mass is 484 g/mol. The molecule has 1 aliphatic rings. The second-order valence-electron chi connectivity index (χ2n) is 7.79. The van der Waals surface area contributed by atoms with Gasteiger partial charge in [0.15, 0.2) is 11.6 Å². The predicted octanol–water partition coefficient (Wildman–Crippen LogP) is 3.10. The first-order chi connectivity index (χ1) is 15.5. The van der Waals surface area contributed by atoms with E-state index in [2.05, 4.69) is 0 Å². The third-order valence-electron chi connectivity index (χ3n) is 5.44. The van der Waals surface area contributed by atoms with Crippen LogP contribution in [0.25, 0.3) is 16.6 Å². The van der Waals surface area contributed by atoms with E-state index in [0.29, 0.717) is 25.2 Å². The maximum Gasteiger partial charge on any atom is 0.362 e. The number of carbonyl (C=O) groups is 1. The number of nitrogens with two attached hydrogens (primary N) is 1. The first kappa shape index (κ1) is 23.0. The number of likely N-dealkylation sites (N-methyl/N-ethyl adjacent to an activating group) is 1. The van der Waals surface area contributed by atoms with E-state index in [1.807, 2.05) is 19.0 Å². The number of carbonyl (C=O) groups excluding carboxylic acids is 1. The van der Waals surface area contributed by atoms with Gasteiger partial charge < -0.3 is 20.0 Å². The first-order valence-electron chi connectivity index (χ1n) is 9.61. The van der Waals surface area contributed by atoms with Crippen LogP contribution in [0.5, 0.6) is 0 Å². The van der Waals surface area contributed by atoms with E-state index in [4.69, 9.17) is 22.2 Å². The van der Waals surface area contributed by atoms with Gasteiger partial charge in [-0.05, 0) is 26.2 Å². The second-order valence-corrected chi connectivity index (χ2v) is 8.17. The Labute approximate surface area is 189 Å². The molecule has 2 heterocycles. The van der Waals surface area contributed by atoms with Crippen molar-refractivity contribution in [2.75, 3.05) is 32.9 Å². The van der Waals surface area contributed by atoms with Gasteiger partial charge in [0.2, 0.25) is 5.43 Å². The molecular weight excluding hydrogens is 468 g/mol. The lowest BCUT2D eigenvalue weighted by molar-refractivity contribution is -0.175. The Morgan fingerprint density at radius 1 is 1.12 bits per heavy atom. The molecule has 1 aromatic heterocycles. The average molecular weight is 485 g/mol. The van der Waals surface area contributed by atoms with Crippen LogP contribution in [0.1, 0.15) is 10.4 Å². The third-order valence-corrected chi connectivity index (χ3v) is 5.79. The highest BCUT2D eigenvalue weighted by Crippen LogP contribution is 2.31. The van der Waals surface area contributed by atoms with Crippen molar-refractivity contribution < 1.29 is 27.2 Å². The van der Waals surface area contributed by atoms with Crippen molar-refractivity contribution >= 4 is 34.2 Å². The van der Waals surface area contributed by atoms with Crippen molar-refractivity contribution in [2.24, 2.45) is 0 Å². The molecule has 0 spiro atoms. The van der Waals surface area contributed by atoms with Gasteiger partial charge in [0.05, 0.1) is 35.4 Å². The fourth-order valence-electron chi connectivity index (χ4n) is 3.45. The van der Waals surface area contributed by atoms with Crippen LogP contribution in [0, 0.1) is 23.3 Å². The number of pyridine rings is 1. The molecule has 0 saturated carbocycles. The smallest absolute Gasteiger partial charge is 0.362 e. The molecule has 174 valence electrons. The molecule has 1 fully saturated rings. The summed E-state index contributed by atoms with van der Waals surface area (Å²) >= 11 is 5.94. The zero-order valence-corrected chi connectivity index (χ0v) is 18.1. The SMILES string of the molecule is CN(C)C1CN(OC(=O)c2cn(-c3cc(N)c(F)cc3F)c3c(Cl)c(F)c(F)cc3c2=O)C1. The van der Waals surface area contributed by atoms with E-state index in [-0.39, 0.29) is 6.04 Å². The molecule has 0 radical (unpaired) electrons. The molecule has 7 nitrogen and oxygen atoms in total. The number of hydrogen-bond donors (Lipinski definition) is 1. The van der Waals surface area contributed by atoms with Gasteiger partial charge in [-0.25, -0.2) is 22.4 Å². The van der Waals surface area contributed by atoms with Gasteiger partial charge in [-0.3, -0.25) is 4.79 Å². The maximum atomic E-state index is 14.6. The highest BCUT2D eigenvalue weighted by molar-refractivity contribution is 6.35. The van der Waals surface area contributed by atoms with Crippen LogP contribution in [0.15, 0.2) is 29.2 Å². The maximum absolute atomic E-state index is 14.6. The van der Waals surface area contributed by atoms with E-state index in [9.17, 15) is 27.2 Å². The Morgan fingerprint density at radius 3 is 2.42 bits per heavy atom. The normalized spacial score (nSPS) is 14.7. The molecule has 0 atom stereocenters. The molecule has 0 unspecified atom stereocenters. The van der Waals surface area contributed by atoms with Crippen molar-refractivity contribution in [3.63, 3.8) is 0 Å². The number of benzene rings is 2. The van der Waals surface area contributed by atoms with Crippen LogP contribution >= 0.6 is 11.6 Å². The van der Waals surface area contributed by atoms with E-state index in [1.165, 1.54) is 5.06 Å². The van der Waals surface area contributed by atoms with Crippen molar-refractivity contribution in [3.05, 3.63) is 68.5 Å². The molecule has 12 heteroatoms. The third kappa shape index (κ3) is 3.92. The van der Waals surface area contributed by atoms with Gasteiger partial charge in [-0.1, -0.05) is 11.6 Å². The Hall–Kier alpha value is -3.15. The second kappa shape index (κ2) is 8.32. The Kier molecular flexibility index (Phi) is 5.81. The van der Waals surface area contributed by atoms with Crippen molar-refractivity contribution in [1.29, 1.82) is 0 Å². The summed E-state index contributed by atoms with van der Waals surface area (Å²) in [6.07, 6.45) is 0.870. The van der Waals surface area contributed by atoms with Gasteiger partial charge in [0.25, 0.3) is 0 Å². The number of aromatic nitrogens is 1. The summed E-state index contributed by atoms with van der Waals surface area (Å²) in [7, 11) is 3.71. The van der Waals surface area contributed by atoms with E-state index >= 15 is 0 Å². The summed E-state index contributed by atoms with van der Waals surface area (Å²) in [6.45, 7) is 0.768. The molecule has 1 saturated heterocycles. The number of nitrogens with zero attached hydrogens (tertiary/aromatic N) is 3. The van der Waals surface area contributed by atoms with Gasteiger partial charge >= 0.3 is 5.97 Å². The topological polar surface area (TPSA) is 80.8 Å². The molecule has 0 aliphatic carbocycles. The molecule has 0 amide bonds. The zero-order valence-electron chi connectivity index (χ0n) is 17.3. The number of fused-ring (bicyclic) bond motifs is 1. The lowest BCUT2D eigenvalue weighted by Crippen LogP contribution is -2.57. The number of rotatable bonds is 4. The van der Waals surface area contributed by atoms with E-state index < -0.39 is 67.5 Å². The van der Waals surface area contributed by atoms with Gasteiger partial charge in [0, 0.05) is 18.3 Å². The van der Waals surface area contributed by atoms with Crippen LogP contribution in [0.2, 0.25) is 5.02 Å². The molecule has 33 heavy (non-hydrogen) atoms. The molecule has 4 rings (SSSR count). The highest BCUT2D eigenvalue weighted by Gasteiger charge is 2.33. The zero-order chi connectivity index (χ0) is 24.2. The number of nitrogen functional groups attached to an aromatic ring is 1. The molecule has 2 aromatic carbocycles. The molecule has 3 aromatic rings. The minimum atomic E-state index is -1.49. The largest absolute Gasteiger partial charge is 0.396 e. The number of anilines is 1. The minimum Gasteiger partial charge on any atom is -0.396 e. The highest BCUT2D eigenvalue weighted by atomic mass is 35.5. The van der Waals surface area contributed by atoms with Crippen molar-refractivity contribution in [3.8, 4) is 5.69 Å². The quantitative estimate of drug-likeness (QED) is 0.348. The van der Waals surface area contributed by atoms with Crippen LogP contribution in [-0.4, -0.2) is 53.7 Å². The molecular formula is C21H17ClF4N4O3. The van der Waals surface area contributed by atoms with Gasteiger partial charge in [-0.15, -0.1) is 5.06 Å². The van der Waals surface area contributed by atoms with E-state index in [1.54, 1.807) is 0 Å². The molecule has 1 aliphatic heterocycles. The lowest BCUT2D eigenvalue weighted by Gasteiger charge is -2.40. The summed E-state index contributed by atoms with van der Waals surface area (Å²) in [5.74, 6) is -6.24. The molecule has 2 N–H and O–H groups in total. The number of hydroxylamine groups is 2. The molecule has 0 bridgehead atoms. The Bertz CT molecular complexity index is 1360. The first-order valence-corrected chi connectivity index (χ1v) is 9.98. The predicted molar refractivity (Wildman–Crippen MR) is 113 cm³/mol. The van der Waals surface area contributed by atoms with Crippen molar-refractivity contribution in [2.45, 2.75) is 6.04 Å². The Morgan fingerprint density at radius 2 is 1.79 bits per heavy atom.